The predicted octanol–water partition coefficient (Wildman–Crippen LogP) is 2.37. The molecule has 2 N–H and O–H groups in total. The van der Waals surface area contributed by atoms with Gasteiger partial charge < -0.3 is 25.0 Å². The summed E-state index contributed by atoms with van der Waals surface area (Å²) in [6, 6.07) is 5.18. The lowest BCUT2D eigenvalue weighted by molar-refractivity contribution is 0.0936. The second kappa shape index (κ2) is 7.43. The van der Waals surface area contributed by atoms with E-state index in [1.165, 1.54) is 0 Å². The number of benzene rings is 1. The number of ether oxygens (including phenoxy) is 2. The monoisotopic (exact) mass is 361 g/mol. The van der Waals surface area contributed by atoms with Gasteiger partial charge in [-0.1, -0.05) is 0 Å². The summed E-state index contributed by atoms with van der Waals surface area (Å²) in [5.74, 6) is 1.54. The molecule has 142 valence electrons. The van der Waals surface area contributed by atoms with Crippen LogP contribution in [0, 0.1) is 5.92 Å². The van der Waals surface area contributed by atoms with E-state index >= 15 is 0 Å². The van der Waals surface area contributed by atoms with Crippen LogP contribution in [0.2, 0.25) is 0 Å². The highest BCUT2D eigenvalue weighted by molar-refractivity contribution is 5.94. The van der Waals surface area contributed by atoms with Gasteiger partial charge in [-0.15, -0.1) is 0 Å². The third-order valence-electron chi connectivity index (χ3n) is 4.57. The van der Waals surface area contributed by atoms with E-state index in [1.54, 1.807) is 18.2 Å². The van der Waals surface area contributed by atoms with Crippen molar-refractivity contribution in [2.45, 2.75) is 39.2 Å². The topological polar surface area (TPSA) is 79.9 Å². The Morgan fingerprint density at radius 1 is 1.15 bits per heavy atom. The number of fused-ring (bicyclic) bond motifs is 1. The Morgan fingerprint density at radius 2 is 1.85 bits per heavy atom. The number of rotatable bonds is 3. The van der Waals surface area contributed by atoms with Crippen LogP contribution < -0.4 is 20.1 Å². The summed E-state index contributed by atoms with van der Waals surface area (Å²) in [5, 5.41) is 5.98. The number of carbonyl (C=O) groups excluding carboxylic acids is 2. The molecule has 0 saturated carbocycles. The van der Waals surface area contributed by atoms with Gasteiger partial charge in [0.1, 0.15) is 0 Å². The van der Waals surface area contributed by atoms with E-state index in [4.69, 9.17) is 9.47 Å². The zero-order valence-corrected chi connectivity index (χ0v) is 15.6. The molecule has 7 nitrogen and oxygen atoms in total. The second-order valence-electron chi connectivity index (χ2n) is 7.89. The first-order valence-corrected chi connectivity index (χ1v) is 9.07. The molecule has 1 fully saturated rings. The van der Waals surface area contributed by atoms with Crippen molar-refractivity contribution in [1.82, 2.24) is 15.5 Å². The van der Waals surface area contributed by atoms with Crippen molar-refractivity contribution in [3.8, 4) is 11.5 Å². The van der Waals surface area contributed by atoms with Crippen molar-refractivity contribution in [1.29, 1.82) is 0 Å². The fourth-order valence-corrected chi connectivity index (χ4v) is 3.12. The van der Waals surface area contributed by atoms with Crippen molar-refractivity contribution in [2.75, 3.05) is 26.4 Å². The van der Waals surface area contributed by atoms with Crippen LogP contribution in [0.3, 0.4) is 0 Å². The minimum Gasteiger partial charge on any atom is -0.454 e. The number of piperidine rings is 1. The van der Waals surface area contributed by atoms with Gasteiger partial charge in [0.2, 0.25) is 6.79 Å². The van der Waals surface area contributed by atoms with Crippen molar-refractivity contribution in [2.24, 2.45) is 5.92 Å². The average molecular weight is 361 g/mol. The van der Waals surface area contributed by atoms with Gasteiger partial charge in [0.25, 0.3) is 5.91 Å². The maximum atomic E-state index is 12.3. The molecule has 3 amide bonds. The molecule has 2 aliphatic heterocycles. The summed E-state index contributed by atoms with van der Waals surface area (Å²) in [4.78, 5) is 26.4. The molecule has 0 spiro atoms. The molecule has 1 aromatic rings. The SMILES string of the molecule is CC(C)(C)NC(=O)N1CCC(CNC(=O)c2ccc3c(c2)OCO3)CC1. The summed E-state index contributed by atoms with van der Waals surface area (Å²) in [5.41, 5.74) is 0.336. The molecule has 3 rings (SSSR count). The third kappa shape index (κ3) is 4.59. The summed E-state index contributed by atoms with van der Waals surface area (Å²) in [7, 11) is 0. The highest BCUT2D eigenvalue weighted by Crippen LogP contribution is 2.32. The van der Waals surface area contributed by atoms with Crippen molar-refractivity contribution in [3.05, 3.63) is 23.8 Å². The molecule has 7 heteroatoms. The number of nitrogens with zero attached hydrogens (tertiary/aromatic N) is 1. The Balaban J connectivity index is 1.44. The Labute approximate surface area is 154 Å². The lowest BCUT2D eigenvalue weighted by Crippen LogP contribution is -2.51. The number of hydrogen-bond acceptors (Lipinski definition) is 4. The van der Waals surface area contributed by atoms with Gasteiger partial charge in [-0.25, -0.2) is 4.79 Å². The highest BCUT2D eigenvalue weighted by Gasteiger charge is 2.25. The molecule has 26 heavy (non-hydrogen) atoms. The second-order valence-corrected chi connectivity index (χ2v) is 7.89. The first-order chi connectivity index (χ1) is 12.3. The first-order valence-electron chi connectivity index (χ1n) is 9.07. The molecule has 0 aromatic heterocycles. The van der Waals surface area contributed by atoms with Gasteiger partial charge >= 0.3 is 6.03 Å². The number of urea groups is 1. The quantitative estimate of drug-likeness (QED) is 0.866. The van der Waals surface area contributed by atoms with E-state index < -0.39 is 0 Å². The van der Waals surface area contributed by atoms with Crippen molar-refractivity contribution < 1.29 is 19.1 Å². The third-order valence-corrected chi connectivity index (χ3v) is 4.57. The molecule has 0 unspecified atom stereocenters. The summed E-state index contributed by atoms with van der Waals surface area (Å²) in [6.45, 7) is 8.17. The van der Waals surface area contributed by atoms with Crippen LogP contribution in [-0.4, -0.2) is 48.8 Å². The van der Waals surface area contributed by atoms with Gasteiger partial charge in [-0.3, -0.25) is 4.79 Å². The minimum atomic E-state index is -0.230. The number of hydrogen-bond donors (Lipinski definition) is 2. The average Bonchev–Trinajstić information content (AvgIpc) is 3.06. The van der Waals surface area contributed by atoms with Crippen molar-refractivity contribution >= 4 is 11.9 Å². The Hall–Kier alpha value is -2.44. The Kier molecular flexibility index (Phi) is 5.25. The van der Waals surface area contributed by atoms with Crippen LogP contribution in [0.1, 0.15) is 44.0 Å². The molecular formula is C19H27N3O4. The zero-order chi connectivity index (χ0) is 18.7. The predicted molar refractivity (Wildman–Crippen MR) is 97.5 cm³/mol. The van der Waals surface area contributed by atoms with E-state index in [-0.39, 0.29) is 24.3 Å². The van der Waals surface area contributed by atoms with Gasteiger partial charge in [-0.2, -0.15) is 0 Å². The van der Waals surface area contributed by atoms with Crippen LogP contribution in [0.4, 0.5) is 4.79 Å². The fourth-order valence-electron chi connectivity index (χ4n) is 3.12. The van der Waals surface area contributed by atoms with Gasteiger partial charge in [0.15, 0.2) is 11.5 Å². The molecule has 1 aromatic carbocycles. The van der Waals surface area contributed by atoms with Crippen LogP contribution in [0.25, 0.3) is 0 Å². The van der Waals surface area contributed by atoms with Gasteiger partial charge in [0, 0.05) is 30.7 Å². The zero-order valence-electron chi connectivity index (χ0n) is 15.6. The molecule has 0 aliphatic carbocycles. The standard InChI is InChI=1S/C19H27N3O4/c1-19(2,3)21-18(24)22-8-6-13(7-9-22)11-20-17(23)14-4-5-15-16(10-14)26-12-25-15/h4-5,10,13H,6-9,11-12H2,1-3H3,(H,20,23)(H,21,24). The molecule has 2 aliphatic rings. The molecule has 2 heterocycles. The first kappa shape index (κ1) is 18.4. The maximum Gasteiger partial charge on any atom is 0.317 e. The largest absolute Gasteiger partial charge is 0.454 e. The molecule has 0 radical (unpaired) electrons. The lowest BCUT2D eigenvalue weighted by Gasteiger charge is -2.34. The highest BCUT2D eigenvalue weighted by atomic mass is 16.7. The Bertz CT molecular complexity index is 676. The molecule has 0 atom stereocenters. The van der Waals surface area contributed by atoms with Crippen molar-refractivity contribution in [3.63, 3.8) is 0 Å². The molecular weight excluding hydrogens is 334 g/mol. The van der Waals surface area contributed by atoms with E-state index in [0.29, 0.717) is 42.6 Å². The van der Waals surface area contributed by atoms with Crippen LogP contribution >= 0.6 is 0 Å². The Morgan fingerprint density at radius 3 is 2.54 bits per heavy atom. The van der Waals surface area contributed by atoms with Crippen LogP contribution in [-0.2, 0) is 0 Å². The smallest absolute Gasteiger partial charge is 0.317 e. The van der Waals surface area contributed by atoms with E-state index in [9.17, 15) is 9.59 Å². The molecule has 1 saturated heterocycles. The van der Waals surface area contributed by atoms with Gasteiger partial charge in [-0.05, 0) is 57.7 Å². The summed E-state index contributed by atoms with van der Waals surface area (Å²) >= 11 is 0. The molecule has 0 bridgehead atoms. The van der Waals surface area contributed by atoms with Gasteiger partial charge in [0.05, 0.1) is 0 Å². The lowest BCUT2D eigenvalue weighted by atomic mass is 9.96. The minimum absolute atomic E-state index is 0.0136. The normalized spacial score (nSPS) is 17.1. The number of carbonyl (C=O) groups is 2. The summed E-state index contributed by atoms with van der Waals surface area (Å²) < 4.78 is 10.6. The summed E-state index contributed by atoms with van der Waals surface area (Å²) in [6.07, 6.45) is 1.78. The van der Waals surface area contributed by atoms with E-state index in [2.05, 4.69) is 10.6 Å². The fraction of sp³-hybridized carbons (Fsp3) is 0.579. The van der Waals surface area contributed by atoms with Crippen LogP contribution in [0.5, 0.6) is 11.5 Å². The number of nitrogens with one attached hydrogen (secondary N) is 2. The maximum absolute atomic E-state index is 12.3. The number of amides is 3. The number of likely N-dealkylation sites (tertiary alicyclic amines) is 1. The van der Waals surface area contributed by atoms with E-state index in [0.717, 1.165) is 12.8 Å². The van der Waals surface area contributed by atoms with E-state index in [1.807, 2.05) is 25.7 Å². The van der Waals surface area contributed by atoms with Crippen LogP contribution in [0.15, 0.2) is 18.2 Å².